The summed E-state index contributed by atoms with van der Waals surface area (Å²) in [5.74, 6) is 0.340. The van der Waals surface area contributed by atoms with E-state index in [0.29, 0.717) is 5.82 Å². The monoisotopic (exact) mass is 276 g/mol. The SMILES string of the molecule is CCc1ccc(N(C)c2cccc3[nH]c(C#N)nc23)cc1. The van der Waals surface area contributed by atoms with Gasteiger partial charge in [0.1, 0.15) is 11.6 Å². The molecule has 2 aromatic carbocycles. The summed E-state index contributed by atoms with van der Waals surface area (Å²) in [6.45, 7) is 2.15. The Balaban J connectivity index is 2.06. The zero-order valence-electron chi connectivity index (χ0n) is 12.1. The number of H-pyrrole nitrogens is 1. The van der Waals surface area contributed by atoms with Crippen molar-refractivity contribution in [2.45, 2.75) is 13.3 Å². The van der Waals surface area contributed by atoms with E-state index in [1.54, 1.807) is 0 Å². The summed E-state index contributed by atoms with van der Waals surface area (Å²) in [6.07, 6.45) is 1.03. The number of nitrogens with zero attached hydrogens (tertiary/aromatic N) is 3. The number of benzene rings is 2. The van der Waals surface area contributed by atoms with Gasteiger partial charge in [-0.1, -0.05) is 25.1 Å². The Morgan fingerprint density at radius 3 is 2.62 bits per heavy atom. The highest BCUT2D eigenvalue weighted by Gasteiger charge is 2.11. The number of para-hydroxylation sites is 1. The fraction of sp³-hybridized carbons (Fsp3) is 0.176. The van der Waals surface area contributed by atoms with Crippen molar-refractivity contribution in [3.63, 3.8) is 0 Å². The molecule has 0 fully saturated rings. The maximum absolute atomic E-state index is 8.99. The third-order valence-electron chi connectivity index (χ3n) is 3.69. The number of rotatable bonds is 3. The molecular weight excluding hydrogens is 260 g/mol. The normalized spacial score (nSPS) is 10.5. The summed E-state index contributed by atoms with van der Waals surface area (Å²) in [4.78, 5) is 9.45. The Morgan fingerprint density at radius 2 is 1.95 bits per heavy atom. The van der Waals surface area contributed by atoms with Crippen LogP contribution in [0, 0.1) is 11.3 Å². The molecule has 4 nitrogen and oxygen atoms in total. The van der Waals surface area contributed by atoms with Crippen LogP contribution in [0.15, 0.2) is 42.5 Å². The van der Waals surface area contributed by atoms with Crippen LogP contribution in [0.4, 0.5) is 11.4 Å². The van der Waals surface area contributed by atoms with E-state index in [1.807, 2.05) is 25.2 Å². The summed E-state index contributed by atoms with van der Waals surface area (Å²) in [5, 5.41) is 8.99. The molecule has 0 amide bonds. The van der Waals surface area contributed by atoms with Crippen LogP contribution < -0.4 is 4.90 Å². The number of hydrogen-bond donors (Lipinski definition) is 1. The van der Waals surface area contributed by atoms with Crippen molar-refractivity contribution in [3.05, 3.63) is 53.9 Å². The van der Waals surface area contributed by atoms with Gasteiger partial charge in [-0.15, -0.1) is 0 Å². The van der Waals surface area contributed by atoms with Crippen LogP contribution >= 0.6 is 0 Å². The van der Waals surface area contributed by atoms with Crippen LogP contribution in [0.1, 0.15) is 18.3 Å². The number of aromatic nitrogens is 2. The summed E-state index contributed by atoms with van der Waals surface area (Å²) < 4.78 is 0. The van der Waals surface area contributed by atoms with Crippen LogP contribution in [0.25, 0.3) is 11.0 Å². The predicted molar refractivity (Wildman–Crippen MR) is 84.7 cm³/mol. The topological polar surface area (TPSA) is 55.7 Å². The molecule has 0 bridgehead atoms. The highest BCUT2D eigenvalue weighted by atomic mass is 15.1. The molecule has 0 spiro atoms. The van der Waals surface area contributed by atoms with Gasteiger partial charge in [-0.25, -0.2) is 4.98 Å². The summed E-state index contributed by atoms with van der Waals surface area (Å²) >= 11 is 0. The number of aromatic amines is 1. The number of imidazole rings is 1. The second-order valence-corrected chi connectivity index (χ2v) is 4.95. The Morgan fingerprint density at radius 1 is 1.19 bits per heavy atom. The number of anilines is 2. The molecule has 3 aromatic rings. The van der Waals surface area contributed by atoms with Crippen molar-refractivity contribution in [2.24, 2.45) is 0 Å². The zero-order valence-corrected chi connectivity index (χ0v) is 12.1. The van der Waals surface area contributed by atoms with Gasteiger partial charge in [-0.3, -0.25) is 0 Å². The van der Waals surface area contributed by atoms with Gasteiger partial charge in [-0.2, -0.15) is 5.26 Å². The van der Waals surface area contributed by atoms with Crippen molar-refractivity contribution < 1.29 is 0 Å². The van der Waals surface area contributed by atoms with E-state index in [1.165, 1.54) is 5.56 Å². The van der Waals surface area contributed by atoms with E-state index in [0.717, 1.165) is 28.8 Å². The van der Waals surface area contributed by atoms with Gasteiger partial charge in [0.2, 0.25) is 5.82 Å². The minimum absolute atomic E-state index is 0.340. The lowest BCUT2D eigenvalue weighted by atomic mass is 10.1. The van der Waals surface area contributed by atoms with Crippen LogP contribution in [0.5, 0.6) is 0 Å². The zero-order chi connectivity index (χ0) is 14.8. The molecule has 4 heteroatoms. The van der Waals surface area contributed by atoms with Gasteiger partial charge in [0.15, 0.2) is 0 Å². The molecule has 21 heavy (non-hydrogen) atoms. The second kappa shape index (κ2) is 5.29. The van der Waals surface area contributed by atoms with Gasteiger partial charge in [0.25, 0.3) is 0 Å². The minimum atomic E-state index is 0.340. The highest BCUT2D eigenvalue weighted by Crippen LogP contribution is 2.29. The smallest absolute Gasteiger partial charge is 0.211 e. The van der Waals surface area contributed by atoms with Crippen molar-refractivity contribution in [3.8, 4) is 6.07 Å². The molecular formula is C17H16N4. The van der Waals surface area contributed by atoms with Crippen LogP contribution in [-0.4, -0.2) is 17.0 Å². The molecule has 1 aromatic heterocycles. The predicted octanol–water partition coefficient (Wildman–Crippen LogP) is 3.76. The van der Waals surface area contributed by atoms with Gasteiger partial charge in [0.05, 0.1) is 11.2 Å². The molecule has 0 aliphatic carbocycles. The molecule has 1 heterocycles. The van der Waals surface area contributed by atoms with Gasteiger partial charge in [-0.05, 0) is 36.2 Å². The van der Waals surface area contributed by atoms with Crippen molar-refractivity contribution in [2.75, 3.05) is 11.9 Å². The number of fused-ring (bicyclic) bond motifs is 1. The number of aryl methyl sites for hydroxylation is 1. The standard InChI is InChI=1S/C17H16N4/c1-3-12-7-9-13(10-8-12)21(2)15-6-4-5-14-17(15)20-16(11-18)19-14/h4-10H,3H2,1-2H3,(H,19,20). The Labute approximate surface area is 123 Å². The van der Waals surface area contributed by atoms with Gasteiger partial charge < -0.3 is 9.88 Å². The van der Waals surface area contributed by atoms with Gasteiger partial charge >= 0.3 is 0 Å². The quantitative estimate of drug-likeness (QED) is 0.792. The van der Waals surface area contributed by atoms with Crippen LogP contribution in [0.2, 0.25) is 0 Å². The van der Waals surface area contributed by atoms with Crippen molar-refractivity contribution in [1.29, 1.82) is 5.26 Å². The summed E-state index contributed by atoms with van der Waals surface area (Å²) in [6, 6.07) is 16.4. The molecule has 104 valence electrons. The van der Waals surface area contributed by atoms with E-state index >= 15 is 0 Å². The van der Waals surface area contributed by atoms with Gasteiger partial charge in [0, 0.05) is 12.7 Å². The maximum atomic E-state index is 8.99. The minimum Gasteiger partial charge on any atom is -0.343 e. The molecule has 3 rings (SSSR count). The number of hydrogen-bond acceptors (Lipinski definition) is 3. The van der Waals surface area contributed by atoms with E-state index in [2.05, 4.69) is 52.1 Å². The average Bonchev–Trinajstić information content (AvgIpc) is 2.97. The lowest BCUT2D eigenvalue weighted by Crippen LogP contribution is -2.09. The average molecular weight is 276 g/mol. The molecule has 0 saturated carbocycles. The van der Waals surface area contributed by atoms with E-state index in [4.69, 9.17) is 5.26 Å². The molecule has 0 unspecified atom stereocenters. The van der Waals surface area contributed by atoms with E-state index < -0.39 is 0 Å². The van der Waals surface area contributed by atoms with Crippen molar-refractivity contribution in [1.82, 2.24) is 9.97 Å². The third kappa shape index (κ3) is 2.34. The van der Waals surface area contributed by atoms with Crippen LogP contribution in [-0.2, 0) is 6.42 Å². The number of nitrogens with one attached hydrogen (secondary N) is 1. The first kappa shape index (κ1) is 13.2. The van der Waals surface area contributed by atoms with Crippen LogP contribution in [0.3, 0.4) is 0 Å². The highest BCUT2D eigenvalue weighted by molar-refractivity contribution is 5.91. The lowest BCUT2D eigenvalue weighted by molar-refractivity contribution is 1.13. The van der Waals surface area contributed by atoms with E-state index in [-0.39, 0.29) is 0 Å². The Bertz CT molecular complexity index is 809. The molecule has 0 atom stereocenters. The number of nitriles is 1. The fourth-order valence-corrected chi connectivity index (χ4v) is 2.43. The summed E-state index contributed by atoms with van der Waals surface area (Å²) in [5.41, 5.74) is 5.09. The largest absolute Gasteiger partial charge is 0.343 e. The molecule has 0 radical (unpaired) electrons. The summed E-state index contributed by atoms with van der Waals surface area (Å²) in [7, 11) is 2.01. The molecule has 0 aliphatic heterocycles. The molecule has 1 N–H and O–H groups in total. The molecule has 0 saturated heterocycles. The van der Waals surface area contributed by atoms with Crippen molar-refractivity contribution >= 4 is 22.4 Å². The molecule has 0 aliphatic rings. The second-order valence-electron chi connectivity index (χ2n) is 4.95. The first-order chi connectivity index (χ1) is 10.2. The fourth-order valence-electron chi connectivity index (χ4n) is 2.43. The Kier molecular flexibility index (Phi) is 3.33. The Hall–Kier alpha value is -2.80. The maximum Gasteiger partial charge on any atom is 0.211 e. The first-order valence-electron chi connectivity index (χ1n) is 6.94. The third-order valence-corrected chi connectivity index (χ3v) is 3.69. The first-order valence-corrected chi connectivity index (χ1v) is 6.94. The lowest BCUT2D eigenvalue weighted by Gasteiger charge is -2.20. The van der Waals surface area contributed by atoms with E-state index in [9.17, 15) is 0 Å².